The summed E-state index contributed by atoms with van der Waals surface area (Å²) < 4.78 is 30.8. The molecule has 2 aromatic carbocycles. The van der Waals surface area contributed by atoms with Gasteiger partial charge in [-0.2, -0.15) is 0 Å². The average Bonchev–Trinajstić information content (AvgIpc) is 2.59. The zero-order valence-corrected chi connectivity index (χ0v) is 18.0. The van der Waals surface area contributed by atoms with Crippen molar-refractivity contribution in [1.29, 1.82) is 0 Å². The van der Waals surface area contributed by atoms with Gasteiger partial charge >= 0.3 is 0 Å². The van der Waals surface area contributed by atoms with E-state index in [1.807, 2.05) is 30.3 Å². The molecule has 1 aliphatic rings. The number of nitrogens with zero attached hydrogens (tertiary/aromatic N) is 1. The van der Waals surface area contributed by atoms with Crippen LogP contribution in [0.1, 0.15) is 31.9 Å². The van der Waals surface area contributed by atoms with Crippen molar-refractivity contribution in [3.05, 3.63) is 54.1 Å². The number of rotatable bonds is 4. The van der Waals surface area contributed by atoms with Crippen molar-refractivity contribution in [2.24, 2.45) is 0 Å². The molecule has 6 nitrogen and oxygen atoms in total. The predicted molar refractivity (Wildman–Crippen MR) is 118 cm³/mol. The van der Waals surface area contributed by atoms with Crippen LogP contribution in [0.3, 0.4) is 0 Å². The fourth-order valence-electron chi connectivity index (χ4n) is 3.23. The van der Waals surface area contributed by atoms with E-state index in [0.717, 1.165) is 17.7 Å². The topological polar surface area (TPSA) is 70.7 Å². The second kappa shape index (κ2) is 7.60. The van der Waals surface area contributed by atoms with E-state index < -0.39 is 10.0 Å². The summed E-state index contributed by atoms with van der Waals surface area (Å²) in [5.41, 5.74) is 2.04. The van der Waals surface area contributed by atoms with Crippen LogP contribution in [-0.4, -0.2) is 32.4 Å². The highest BCUT2D eigenvalue weighted by Crippen LogP contribution is 2.39. The number of sulfonamides is 1. The van der Waals surface area contributed by atoms with Crippen LogP contribution >= 0.6 is 12.2 Å². The maximum Gasteiger partial charge on any atom is 0.231 e. The van der Waals surface area contributed by atoms with Gasteiger partial charge in [0.2, 0.25) is 10.0 Å². The van der Waals surface area contributed by atoms with Crippen LogP contribution in [0.25, 0.3) is 0 Å². The predicted octanol–water partition coefficient (Wildman–Crippen LogP) is 3.67. The highest BCUT2D eigenvalue weighted by molar-refractivity contribution is 7.92. The van der Waals surface area contributed by atoms with Crippen molar-refractivity contribution in [3.63, 3.8) is 0 Å². The molecule has 0 radical (unpaired) electrons. The Morgan fingerprint density at radius 1 is 1.21 bits per heavy atom. The third-order valence-corrected chi connectivity index (χ3v) is 6.07. The summed E-state index contributed by atoms with van der Waals surface area (Å²) in [6.07, 6.45) is 1.94. The molecule has 28 heavy (non-hydrogen) atoms. The van der Waals surface area contributed by atoms with E-state index in [1.165, 1.54) is 17.6 Å². The molecule has 0 aromatic heterocycles. The van der Waals surface area contributed by atoms with Crippen molar-refractivity contribution < 1.29 is 13.2 Å². The van der Waals surface area contributed by atoms with Crippen molar-refractivity contribution in [1.82, 2.24) is 5.32 Å². The number of fused-ring (bicyclic) bond motifs is 1. The fourth-order valence-corrected chi connectivity index (χ4v) is 3.98. The molecule has 1 aliphatic heterocycles. The quantitative estimate of drug-likeness (QED) is 0.737. The van der Waals surface area contributed by atoms with Crippen LogP contribution in [-0.2, 0) is 10.0 Å². The lowest BCUT2D eigenvalue weighted by Gasteiger charge is -2.38. The van der Waals surface area contributed by atoms with Crippen molar-refractivity contribution in [3.8, 4) is 5.75 Å². The van der Waals surface area contributed by atoms with Crippen molar-refractivity contribution in [2.45, 2.75) is 31.9 Å². The Morgan fingerprint density at radius 3 is 2.64 bits per heavy atom. The normalized spacial score (nSPS) is 17.8. The number of thiocarbonyl (C=S) groups is 1. The molecule has 0 bridgehead atoms. The van der Waals surface area contributed by atoms with Gasteiger partial charge in [-0.15, -0.1) is 0 Å². The smallest absolute Gasteiger partial charge is 0.231 e. The molecule has 2 N–H and O–H groups in total. The molecule has 1 heterocycles. The van der Waals surface area contributed by atoms with Gasteiger partial charge in [-0.05, 0) is 50.3 Å². The third-order valence-electron chi connectivity index (χ3n) is 4.65. The SMILES string of the molecule is CN(c1cccc(NC(=S)NC2CC(C)(C)Oc3ccccc32)c1)S(C)(=O)=O. The first-order valence-corrected chi connectivity index (χ1v) is 11.2. The van der Waals surface area contributed by atoms with Crippen LogP contribution in [0, 0.1) is 0 Å². The summed E-state index contributed by atoms with van der Waals surface area (Å²) in [4.78, 5) is 0. The molecule has 0 fully saturated rings. The second-order valence-corrected chi connectivity index (χ2v) is 9.96. The molecule has 0 spiro atoms. The minimum Gasteiger partial charge on any atom is -0.487 e. The molecule has 1 atom stereocenters. The van der Waals surface area contributed by atoms with Gasteiger partial charge in [0.05, 0.1) is 18.0 Å². The molecule has 0 saturated heterocycles. The molecule has 8 heteroatoms. The number of para-hydroxylation sites is 1. The lowest BCUT2D eigenvalue weighted by atomic mass is 9.90. The first kappa shape index (κ1) is 20.4. The van der Waals surface area contributed by atoms with E-state index in [2.05, 4.69) is 24.5 Å². The maximum atomic E-state index is 11.8. The van der Waals surface area contributed by atoms with Gasteiger partial charge in [-0.1, -0.05) is 24.3 Å². The standard InChI is InChI=1S/C20H25N3O3S2/c1-20(2)13-17(16-10-5-6-11-18(16)26-20)22-19(27)21-14-8-7-9-15(12-14)23(3)28(4,24)25/h5-12,17H,13H2,1-4H3,(H2,21,22,27). The van der Waals surface area contributed by atoms with Gasteiger partial charge in [0.15, 0.2) is 5.11 Å². The Bertz CT molecular complexity index is 990. The minimum atomic E-state index is -3.33. The van der Waals surface area contributed by atoms with E-state index >= 15 is 0 Å². The Hall–Kier alpha value is -2.32. The zero-order chi connectivity index (χ0) is 20.5. The van der Waals surface area contributed by atoms with E-state index in [-0.39, 0.29) is 11.6 Å². The lowest BCUT2D eigenvalue weighted by molar-refractivity contribution is 0.0697. The number of hydrogen-bond acceptors (Lipinski definition) is 4. The third kappa shape index (κ3) is 4.74. The van der Waals surface area contributed by atoms with Gasteiger partial charge in [0, 0.05) is 24.7 Å². The first-order chi connectivity index (χ1) is 13.0. The molecule has 0 saturated carbocycles. The van der Waals surface area contributed by atoms with Crippen molar-refractivity contribution in [2.75, 3.05) is 22.9 Å². The van der Waals surface area contributed by atoms with Crippen LogP contribution in [0.2, 0.25) is 0 Å². The van der Waals surface area contributed by atoms with E-state index in [4.69, 9.17) is 17.0 Å². The van der Waals surface area contributed by atoms with Gasteiger partial charge in [0.1, 0.15) is 11.4 Å². The van der Waals surface area contributed by atoms with Crippen molar-refractivity contribution >= 4 is 38.7 Å². The summed E-state index contributed by atoms with van der Waals surface area (Å²) >= 11 is 5.51. The monoisotopic (exact) mass is 419 g/mol. The van der Waals surface area contributed by atoms with Crippen LogP contribution in [0.4, 0.5) is 11.4 Å². The number of ether oxygens (including phenoxy) is 1. The summed E-state index contributed by atoms with van der Waals surface area (Å²) in [6.45, 7) is 4.11. The minimum absolute atomic E-state index is 0.0156. The molecular formula is C20H25N3O3S2. The summed E-state index contributed by atoms with van der Waals surface area (Å²) in [5, 5.41) is 6.99. The van der Waals surface area contributed by atoms with E-state index in [1.54, 1.807) is 18.2 Å². The van der Waals surface area contributed by atoms with E-state index in [9.17, 15) is 8.42 Å². The second-order valence-electron chi connectivity index (χ2n) is 7.54. The number of benzene rings is 2. The Labute approximate surface area is 171 Å². The van der Waals surface area contributed by atoms with Crippen LogP contribution in [0.15, 0.2) is 48.5 Å². The van der Waals surface area contributed by atoms with Crippen LogP contribution < -0.4 is 19.7 Å². The molecule has 2 aromatic rings. The molecule has 150 valence electrons. The van der Waals surface area contributed by atoms with Gasteiger partial charge < -0.3 is 15.4 Å². The number of hydrogen-bond donors (Lipinski definition) is 2. The summed E-state index contributed by atoms with van der Waals surface area (Å²) in [6, 6.07) is 15.1. The Morgan fingerprint density at radius 2 is 1.93 bits per heavy atom. The molecule has 1 unspecified atom stereocenters. The zero-order valence-electron chi connectivity index (χ0n) is 16.4. The van der Waals surface area contributed by atoms with Gasteiger partial charge in [-0.3, -0.25) is 4.31 Å². The maximum absolute atomic E-state index is 11.8. The molecular weight excluding hydrogens is 394 g/mol. The number of nitrogens with one attached hydrogen (secondary N) is 2. The largest absolute Gasteiger partial charge is 0.487 e. The highest BCUT2D eigenvalue weighted by Gasteiger charge is 2.33. The highest BCUT2D eigenvalue weighted by atomic mass is 32.2. The Kier molecular flexibility index (Phi) is 5.54. The summed E-state index contributed by atoms with van der Waals surface area (Å²) in [5.74, 6) is 0.857. The van der Waals surface area contributed by atoms with Gasteiger partial charge in [-0.25, -0.2) is 8.42 Å². The molecule has 0 aliphatic carbocycles. The van der Waals surface area contributed by atoms with Crippen LogP contribution in [0.5, 0.6) is 5.75 Å². The average molecular weight is 420 g/mol. The first-order valence-electron chi connectivity index (χ1n) is 8.95. The number of anilines is 2. The molecule has 0 amide bonds. The van der Waals surface area contributed by atoms with E-state index in [0.29, 0.717) is 16.5 Å². The summed E-state index contributed by atoms with van der Waals surface area (Å²) in [7, 11) is -1.81. The fraction of sp³-hybridized carbons (Fsp3) is 0.350. The van der Waals surface area contributed by atoms with Gasteiger partial charge in [0.25, 0.3) is 0 Å². The lowest BCUT2D eigenvalue weighted by Crippen LogP contribution is -2.42. The Balaban J connectivity index is 1.75. The molecule has 3 rings (SSSR count).